The van der Waals surface area contributed by atoms with E-state index >= 15 is 0 Å². The van der Waals surface area contributed by atoms with E-state index in [9.17, 15) is 8.42 Å². The molecular formula is C15H23NO4S. The molecular weight excluding hydrogens is 290 g/mol. The minimum absolute atomic E-state index is 0.0179. The smallest absolute Gasteiger partial charge is 0.235 e. The number of aliphatic hydroxyl groups is 1. The molecule has 21 heavy (non-hydrogen) atoms. The third kappa shape index (κ3) is 4.69. The lowest BCUT2D eigenvalue weighted by Crippen LogP contribution is -2.32. The first-order chi connectivity index (χ1) is 10.0. The van der Waals surface area contributed by atoms with Gasteiger partial charge in [-0.15, -0.1) is 0 Å². The molecule has 0 bridgehead atoms. The molecule has 0 aliphatic heterocycles. The Hall–Kier alpha value is -1.11. The van der Waals surface area contributed by atoms with E-state index in [-0.39, 0.29) is 18.5 Å². The van der Waals surface area contributed by atoms with E-state index in [0.29, 0.717) is 11.6 Å². The van der Waals surface area contributed by atoms with Crippen LogP contribution >= 0.6 is 0 Å². The van der Waals surface area contributed by atoms with Crippen LogP contribution in [0.15, 0.2) is 24.3 Å². The van der Waals surface area contributed by atoms with Crippen LogP contribution in [0.2, 0.25) is 0 Å². The monoisotopic (exact) mass is 313 g/mol. The van der Waals surface area contributed by atoms with Gasteiger partial charge in [0.15, 0.2) is 0 Å². The molecule has 0 radical (unpaired) electrons. The zero-order valence-electron chi connectivity index (χ0n) is 12.3. The number of benzene rings is 1. The van der Waals surface area contributed by atoms with Crippen molar-refractivity contribution in [3.63, 3.8) is 0 Å². The molecule has 1 saturated carbocycles. The van der Waals surface area contributed by atoms with Crippen molar-refractivity contribution in [3.05, 3.63) is 29.8 Å². The van der Waals surface area contributed by atoms with Crippen molar-refractivity contribution in [1.29, 1.82) is 0 Å². The van der Waals surface area contributed by atoms with Crippen LogP contribution in [0.25, 0.3) is 0 Å². The highest BCUT2D eigenvalue weighted by Crippen LogP contribution is 2.29. The molecule has 2 N–H and O–H groups in total. The molecule has 0 spiro atoms. The second-order valence-electron chi connectivity index (χ2n) is 5.56. The van der Waals surface area contributed by atoms with E-state index in [1.54, 1.807) is 31.4 Å². The summed E-state index contributed by atoms with van der Waals surface area (Å²) < 4.78 is 32.4. The van der Waals surface area contributed by atoms with Gasteiger partial charge in [-0.1, -0.05) is 25.0 Å². The minimum atomic E-state index is -3.44. The Kier molecular flexibility index (Phi) is 5.61. The molecule has 0 saturated heterocycles. The normalized spacial score (nSPS) is 17.8. The Morgan fingerprint density at radius 3 is 2.43 bits per heavy atom. The summed E-state index contributed by atoms with van der Waals surface area (Å²) in [5.74, 6) is 0.318. The maximum Gasteiger partial charge on any atom is 0.235 e. The van der Waals surface area contributed by atoms with Crippen molar-refractivity contribution >= 4 is 15.7 Å². The van der Waals surface area contributed by atoms with Crippen molar-refractivity contribution in [2.45, 2.75) is 38.4 Å². The molecule has 1 aliphatic carbocycles. The molecule has 1 aromatic carbocycles. The number of hydrogen-bond acceptors (Lipinski definition) is 4. The maximum absolute atomic E-state index is 12.2. The Balaban J connectivity index is 1.99. The van der Waals surface area contributed by atoms with Gasteiger partial charge in [0.2, 0.25) is 10.0 Å². The summed E-state index contributed by atoms with van der Waals surface area (Å²) in [5, 5.41) is 8.98. The Bertz CT molecular complexity index is 535. The highest BCUT2D eigenvalue weighted by molar-refractivity contribution is 7.92. The fraction of sp³-hybridized carbons (Fsp3) is 0.600. The lowest BCUT2D eigenvalue weighted by atomic mass is 10.0. The van der Waals surface area contributed by atoms with Gasteiger partial charge >= 0.3 is 0 Å². The number of sulfonamides is 1. The largest absolute Gasteiger partial charge is 0.392 e. The molecule has 1 atom stereocenters. The number of ether oxygens (including phenoxy) is 1. The van der Waals surface area contributed by atoms with E-state index in [1.807, 2.05) is 0 Å². The zero-order valence-corrected chi connectivity index (χ0v) is 13.1. The average Bonchev–Trinajstić information content (AvgIpc) is 2.99. The Labute approximate surface area is 126 Å². The highest BCUT2D eigenvalue weighted by atomic mass is 32.2. The van der Waals surface area contributed by atoms with Crippen molar-refractivity contribution in [2.75, 3.05) is 17.6 Å². The third-order valence-electron chi connectivity index (χ3n) is 4.02. The van der Waals surface area contributed by atoms with Crippen LogP contribution in [0.5, 0.6) is 0 Å². The van der Waals surface area contributed by atoms with Gasteiger partial charge < -0.3 is 9.84 Å². The Morgan fingerprint density at radius 2 is 1.90 bits per heavy atom. The van der Waals surface area contributed by atoms with Gasteiger partial charge in [-0.25, -0.2) is 8.42 Å². The lowest BCUT2D eigenvalue weighted by Gasteiger charge is -2.22. The van der Waals surface area contributed by atoms with E-state index in [4.69, 9.17) is 9.84 Å². The SMILES string of the molecule is CO[C@@H](CS(=O)(=O)Nc1ccc(CO)cc1)C1CCCC1. The van der Waals surface area contributed by atoms with E-state index < -0.39 is 10.0 Å². The fourth-order valence-electron chi connectivity index (χ4n) is 2.84. The second kappa shape index (κ2) is 7.24. The van der Waals surface area contributed by atoms with Gasteiger partial charge in [0, 0.05) is 12.8 Å². The summed E-state index contributed by atoms with van der Waals surface area (Å²) in [7, 11) is -1.86. The fourth-order valence-corrected chi connectivity index (χ4v) is 4.26. The molecule has 1 aromatic rings. The van der Waals surface area contributed by atoms with Gasteiger partial charge in [0.1, 0.15) is 0 Å². The number of aliphatic hydroxyl groups excluding tert-OH is 1. The first-order valence-corrected chi connectivity index (χ1v) is 8.92. The summed E-state index contributed by atoms with van der Waals surface area (Å²) >= 11 is 0. The summed E-state index contributed by atoms with van der Waals surface area (Å²) in [6.45, 7) is -0.0551. The van der Waals surface area contributed by atoms with Crippen molar-refractivity contribution < 1.29 is 18.3 Å². The summed E-state index contributed by atoms with van der Waals surface area (Å²) in [6.07, 6.45) is 4.14. The average molecular weight is 313 g/mol. The maximum atomic E-state index is 12.2. The second-order valence-corrected chi connectivity index (χ2v) is 7.32. The van der Waals surface area contributed by atoms with Crippen LogP contribution in [0, 0.1) is 5.92 Å². The van der Waals surface area contributed by atoms with Crippen LogP contribution in [-0.4, -0.2) is 32.5 Å². The molecule has 6 heteroatoms. The number of nitrogens with one attached hydrogen (secondary N) is 1. The molecule has 2 rings (SSSR count). The standard InChI is InChI=1S/C15H23NO4S/c1-20-15(13-4-2-3-5-13)11-21(18,19)16-14-8-6-12(10-17)7-9-14/h6-9,13,15-17H,2-5,10-11H2,1H3/t15-/m0/s1. The molecule has 1 aliphatic rings. The highest BCUT2D eigenvalue weighted by Gasteiger charge is 2.29. The molecule has 1 fully saturated rings. The van der Waals surface area contributed by atoms with Crippen molar-refractivity contribution in [2.24, 2.45) is 5.92 Å². The van der Waals surface area contributed by atoms with Crippen molar-refractivity contribution in [3.8, 4) is 0 Å². The molecule has 0 aromatic heterocycles. The molecule has 0 amide bonds. The lowest BCUT2D eigenvalue weighted by molar-refractivity contribution is 0.0718. The molecule has 5 nitrogen and oxygen atoms in total. The van der Waals surface area contributed by atoms with Crippen LogP contribution < -0.4 is 4.72 Å². The molecule has 0 unspecified atom stereocenters. The first kappa shape index (κ1) is 16.3. The number of hydrogen-bond donors (Lipinski definition) is 2. The van der Waals surface area contributed by atoms with Gasteiger partial charge in [0.05, 0.1) is 18.5 Å². The summed E-state index contributed by atoms with van der Waals surface area (Å²) in [4.78, 5) is 0. The summed E-state index contributed by atoms with van der Waals surface area (Å²) in [5.41, 5.74) is 1.26. The van der Waals surface area contributed by atoms with Gasteiger partial charge in [0.25, 0.3) is 0 Å². The van der Waals surface area contributed by atoms with E-state index in [2.05, 4.69) is 4.72 Å². The first-order valence-electron chi connectivity index (χ1n) is 7.27. The molecule has 0 heterocycles. The number of rotatable bonds is 7. The molecule has 118 valence electrons. The zero-order chi connectivity index (χ0) is 15.3. The summed E-state index contributed by atoms with van der Waals surface area (Å²) in [6, 6.07) is 6.70. The van der Waals surface area contributed by atoms with E-state index in [0.717, 1.165) is 31.2 Å². The van der Waals surface area contributed by atoms with E-state index in [1.165, 1.54) is 0 Å². The van der Waals surface area contributed by atoms with Crippen molar-refractivity contribution in [1.82, 2.24) is 0 Å². The predicted octanol–water partition coefficient (Wildman–Crippen LogP) is 2.13. The number of methoxy groups -OCH3 is 1. The van der Waals surface area contributed by atoms with Gasteiger partial charge in [-0.3, -0.25) is 4.72 Å². The van der Waals surface area contributed by atoms with Crippen LogP contribution in [-0.2, 0) is 21.4 Å². The topological polar surface area (TPSA) is 75.6 Å². The predicted molar refractivity (Wildman–Crippen MR) is 82.5 cm³/mol. The van der Waals surface area contributed by atoms with Crippen LogP contribution in [0.4, 0.5) is 5.69 Å². The van der Waals surface area contributed by atoms with Gasteiger partial charge in [-0.05, 0) is 36.5 Å². The minimum Gasteiger partial charge on any atom is -0.392 e. The Morgan fingerprint density at radius 1 is 1.29 bits per heavy atom. The van der Waals surface area contributed by atoms with Crippen LogP contribution in [0.3, 0.4) is 0 Å². The van der Waals surface area contributed by atoms with Gasteiger partial charge in [-0.2, -0.15) is 0 Å². The number of anilines is 1. The van der Waals surface area contributed by atoms with Crippen LogP contribution in [0.1, 0.15) is 31.2 Å². The quantitative estimate of drug-likeness (QED) is 0.808. The third-order valence-corrected chi connectivity index (χ3v) is 5.34.